The van der Waals surface area contributed by atoms with Crippen LogP contribution in [0, 0.1) is 5.82 Å². The number of hydrogen-bond acceptors (Lipinski definition) is 2. The molecule has 0 saturated heterocycles. The van der Waals surface area contributed by atoms with E-state index in [0.717, 1.165) is 24.9 Å². The SMILES string of the molecule is C=CCCOc1ccc(C(C)NCCC)cc1F. The van der Waals surface area contributed by atoms with Crippen LogP contribution in [0.4, 0.5) is 4.39 Å². The highest BCUT2D eigenvalue weighted by atomic mass is 19.1. The van der Waals surface area contributed by atoms with Crippen molar-refractivity contribution in [1.82, 2.24) is 5.32 Å². The normalized spacial score (nSPS) is 12.2. The van der Waals surface area contributed by atoms with Gasteiger partial charge in [-0.2, -0.15) is 0 Å². The van der Waals surface area contributed by atoms with Gasteiger partial charge >= 0.3 is 0 Å². The first kappa shape index (κ1) is 14.7. The predicted octanol–water partition coefficient (Wildman–Crippen LogP) is 3.84. The molecule has 0 spiro atoms. The molecule has 3 heteroatoms. The van der Waals surface area contributed by atoms with Crippen molar-refractivity contribution >= 4 is 0 Å². The predicted molar refractivity (Wildman–Crippen MR) is 73.4 cm³/mol. The molecule has 1 aromatic carbocycles. The monoisotopic (exact) mass is 251 g/mol. The molecule has 100 valence electrons. The highest BCUT2D eigenvalue weighted by molar-refractivity contribution is 5.30. The van der Waals surface area contributed by atoms with Crippen molar-refractivity contribution in [2.75, 3.05) is 13.2 Å². The second-order valence-electron chi connectivity index (χ2n) is 4.29. The maximum Gasteiger partial charge on any atom is 0.165 e. The lowest BCUT2D eigenvalue weighted by Gasteiger charge is -2.15. The quantitative estimate of drug-likeness (QED) is 0.560. The molecule has 0 aromatic heterocycles. The molecule has 0 saturated carbocycles. The molecule has 0 bridgehead atoms. The molecule has 2 nitrogen and oxygen atoms in total. The average molecular weight is 251 g/mol. The van der Waals surface area contributed by atoms with Crippen molar-refractivity contribution in [3.8, 4) is 5.75 Å². The number of hydrogen-bond donors (Lipinski definition) is 1. The Morgan fingerprint density at radius 2 is 2.28 bits per heavy atom. The van der Waals surface area contributed by atoms with Crippen molar-refractivity contribution in [3.63, 3.8) is 0 Å². The van der Waals surface area contributed by atoms with Crippen LogP contribution in [0.25, 0.3) is 0 Å². The van der Waals surface area contributed by atoms with E-state index >= 15 is 0 Å². The first-order valence-electron chi connectivity index (χ1n) is 6.45. The van der Waals surface area contributed by atoms with Gasteiger partial charge in [0.2, 0.25) is 0 Å². The minimum Gasteiger partial charge on any atom is -0.490 e. The van der Waals surface area contributed by atoms with Crippen LogP contribution in [-0.2, 0) is 0 Å². The van der Waals surface area contributed by atoms with Crippen molar-refractivity contribution in [2.45, 2.75) is 32.7 Å². The fourth-order valence-electron chi connectivity index (χ4n) is 1.63. The van der Waals surface area contributed by atoms with Gasteiger partial charge in [0.05, 0.1) is 6.61 Å². The third-order valence-electron chi connectivity index (χ3n) is 2.74. The number of ether oxygens (including phenoxy) is 1. The van der Waals surface area contributed by atoms with Crippen LogP contribution in [0.1, 0.15) is 38.3 Å². The molecule has 1 rings (SSSR count). The van der Waals surface area contributed by atoms with Crippen molar-refractivity contribution < 1.29 is 9.13 Å². The van der Waals surface area contributed by atoms with E-state index in [1.807, 2.05) is 13.0 Å². The van der Waals surface area contributed by atoms with Crippen LogP contribution in [0.15, 0.2) is 30.9 Å². The van der Waals surface area contributed by atoms with E-state index < -0.39 is 0 Å². The van der Waals surface area contributed by atoms with Crippen LogP contribution in [-0.4, -0.2) is 13.2 Å². The number of nitrogens with one attached hydrogen (secondary N) is 1. The Labute approximate surface area is 109 Å². The molecule has 0 radical (unpaired) electrons. The summed E-state index contributed by atoms with van der Waals surface area (Å²) in [6, 6.07) is 5.29. The summed E-state index contributed by atoms with van der Waals surface area (Å²) in [6.45, 7) is 9.13. The molecule has 0 amide bonds. The topological polar surface area (TPSA) is 21.3 Å². The third-order valence-corrected chi connectivity index (χ3v) is 2.74. The zero-order valence-corrected chi connectivity index (χ0v) is 11.2. The summed E-state index contributed by atoms with van der Waals surface area (Å²) in [6.07, 6.45) is 3.54. The molecule has 1 atom stereocenters. The minimum absolute atomic E-state index is 0.154. The second kappa shape index (κ2) is 7.88. The van der Waals surface area contributed by atoms with Crippen LogP contribution in [0.2, 0.25) is 0 Å². The molecule has 0 aliphatic carbocycles. The van der Waals surface area contributed by atoms with Crippen molar-refractivity contribution in [1.29, 1.82) is 0 Å². The molecule has 0 aliphatic heterocycles. The smallest absolute Gasteiger partial charge is 0.165 e. The fourth-order valence-corrected chi connectivity index (χ4v) is 1.63. The van der Waals surface area contributed by atoms with E-state index in [-0.39, 0.29) is 11.9 Å². The van der Waals surface area contributed by atoms with Crippen LogP contribution < -0.4 is 10.1 Å². The first-order chi connectivity index (χ1) is 8.69. The van der Waals surface area contributed by atoms with Gasteiger partial charge in [0.25, 0.3) is 0 Å². The molecule has 1 aromatic rings. The molecular weight excluding hydrogens is 229 g/mol. The maximum absolute atomic E-state index is 13.8. The van der Waals surface area contributed by atoms with Gasteiger partial charge in [-0.25, -0.2) is 4.39 Å². The van der Waals surface area contributed by atoms with Gasteiger partial charge in [-0.15, -0.1) is 6.58 Å². The van der Waals surface area contributed by atoms with Gasteiger partial charge in [0.1, 0.15) is 0 Å². The summed E-state index contributed by atoms with van der Waals surface area (Å²) in [5.41, 5.74) is 0.942. The lowest BCUT2D eigenvalue weighted by molar-refractivity contribution is 0.307. The Morgan fingerprint density at radius 1 is 1.50 bits per heavy atom. The largest absolute Gasteiger partial charge is 0.490 e. The van der Waals surface area contributed by atoms with Crippen LogP contribution in [0.3, 0.4) is 0 Å². The molecule has 18 heavy (non-hydrogen) atoms. The molecule has 0 heterocycles. The van der Waals surface area contributed by atoms with E-state index in [4.69, 9.17) is 4.74 Å². The molecular formula is C15H22FNO. The second-order valence-corrected chi connectivity index (χ2v) is 4.29. The molecule has 0 aliphatic rings. The highest BCUT2D eigenvalue weighted by Crippen LogP contribution is 2.22. The Balaban J connectivity index is 2.63. The van der Waals surface area contributed by atoms with Gasteiger partial charge < -0.3 is 10.1 Å². The van der Waals surface area contributed by atoms with E-state index in [2.05, 4.69) is 18.8 Å². The van der Waals surface area contributed by atoms with Gasteiger partial charge in [-0.3, -0.25) is 0 Å². The third kappa shape index (κ3) is 4.49. The van der Waals surface area contributed by atoms with Crippen molar-refractivity contribution in [3.05, 3.63) is 42.2 Å². The Kier molecular flexibility index (Phi) is 6.44. The summed E-state index contributed by atoms with van der Waals surface area (Å²) < 4.78 is 19.1. The van der Waals surface area contributed by atoms with E-state index in [9.17, 15) is 4.39 Å². The van der Waals surface area contributed by atoms with E-state index in [1.54, 1.807) is 12.1 Å². The number of benzene rings is 1. The lowest BCUT2D eigenvalue weighted by atomic mass is 10.1. The van der Waals surface area contributed by atoms with Crippen LogP contribution in [0.5, 0.6) is 5.75 Å². The standard InChI is InChI=1S/C15H22FNO/c1-4-6-10-18-15-8-7-13(11-14(15)16)12(3)17-9-5-2/h4,7-8,11-12,17H,1,5-6,9-10H2,2-3H3. The average Bonchev–Trinajstić information content (AvgIpc) is 2.38. The highest BCUT2D eigenvalue weighted by Gasteiger charge is 2.09. The van der Waals surface area contributed by atoms with Gasteiger partial charge in [-0.05, 0) is 44.0 Å². The summed E-state index contributed by atoms with van der Waals surface area (Å²) in [7, 11) is 0. The Hall–Kier alpha value is -1.35. The molecule has 1 unspecified atom stereocenters. The maximum atomic E-state index is 13.8. The summed E-state index contributed by atoms with van der Waals surface area (Å²) in [4.78, 5) is 0. The molecule has 0 fully saturated rings. The van der Waals surface area contributed by atoms with E-state index in [0.29, 0.717) is 12.4 Å². The Morgan fingerprint density at radius 3 is 2.89 bits per heavy atom. The number of halogens is 1. The van der Waals surface area contributed by atoms with Crippen molar-refractivity contribution in [2.24, 2.45) is 0 Å². The summed E-state index contributed by atoms with van der Waals surface area (Å²) in [5.74, 6) is 0.00463. The Bertz CT molecular complexity index is 379. The van der Waals surface area contributed by atoms with Crippen LogP contribution >= 0.6 is 0 Å². The zero-order chi connectivity index (χ0) is 13.4. The number of rotatable bonds is 8. The minimum atomic E-state index is -0.304. The summed E-state index contributed by atoms with van der Waals surface area (Å²) >= 11 is 0. The van der Waals surface area contributed by atoms with E-state index in [1.165, 1.54) is 6.07 Å². The summed E-state index contributed by atoms with van der Waals surface area (Å²) in [5, 5.41) is 3.33. The zero-order valence-electron chi connectivity index (χ0n) is 11.2. The molecule has 1 N–H and O–H groups in total. The lowest BCUT2D eigenvalue weighted by Crippen LogP contribution is -2.19. The van der Waals surface area contributed by atoms with Gasteiger partial charge in [0, 0.05) is 6.04 Å². The fraction of sp³-hybridized carbons (Fsp3) is 0.467. The van der Waals surface area contributed by atoms with Gasteiger partial charge in [0.15, 0.2) is 11.6 Å². The van der Waals surface area contributed by atoms with Gasteiger partial charge in [-0.1, -0.05) is 19.1 Å². The first-order valence-corrected chi connectivity index (χ1v) is 6.45.